The fourth-order valence-corrected chi connectivity index (χ4v) is 3.91. The highest BCUT2D eigenvalue weighted by atomic mass is 19.1. The molecule has 1 aliphatic carbocycles. The van der Waals surface area contributed by atoms with Crippen LogP contribution in [0, 0.1) is 11.7 Å². The van der Waals surface area contributed by atoms with E-state index in [4.69, 9.17) is 4.74 Å². The standard InChI is InChI=1S/C21H30FN3O3/c1-16-4-2-3-5-19(16)23-20(26)14-24-10-12-25(13-11-24)21(27)15-28-18-8-6-17(22)7-9-18/h6-9,16,19H,2-5,10-15H2,1H3,(H,23,26). The quantitative estimate of drug-likeness (QED) is 0.806. The third kappa shape index (κ3) is 5.92. The smallest absolute Gasteiger partial charge is 0.260 e. The van der Waals surface area contributed by atoms with Crippen molar-refractivity contribution >= 4 is 11.8 Å². The van der Waals surface area contributed by atoms with Crippen LogP contribution in [0.5, 0.6) is 5.75 Å². The molecular formula is C21H30FN3O3. The van der Waals surface area contributed by atoms with E-state index in [9.17, 15) is 14.0 Å². The lowest BCUT2D eigenvalue weighted by Gasteiger charge is -2.35. The largest absolute Gasteiger partial charge is 0.484 e. The van der Waals surface area contributed by atoms with Gasteiger partial charge in [0.1, 0.15) is 11.6 Å². The van der Waals surface area contributed by atoms with Gasteiger partial charge in [-0.25, -0.2) is 4.39 Å². The van der Waals surface area contributed by atoms with Crippen LogP contribution < -0.4 is 10.1 Å². The number of hydrogen-bond donors (Lipinski definition) is 1. The number of benzene rings is 1. The summed E-state index contributed by atoms with van der Waals surface area (Å²) in [5.74, 6) is 0.676. The molecule has 1 N–H and O–H groups in total. The third-order valence-electron chi connectivity index (χ3n) is 5.73. The van der Waals surface area contributed by atoms with Gasteiger partial charge in [-0.3, -0.25) is 14.5 Å². The lowest BCUT2D eigenvalue weighted by Crippen LogP contribution is -2.53. The summed E-state index contributed by atoms with van der Waals surface area (Å²) in [7, 11) is 0. The number of piperazine rings is 1. The molecule has 2 amide bonds. The van der Waals surface area contributed by atoms with Gasteiger partial charge in [0.25, 0.3) is 5.91 Å². The Balaban J connectivity index is 1.36. The van der Waals surface area contributed by atoms with Crippen LogP contribution in [0.15, 0.2) is 24.3 Å². The highest BCUT2D eigenvalue weighted by molar-refractivity contribution is 5.79. The third-order valence-corrected chi connectivity index (χ3v) is 5.73. The normalized spacial score (nSPS) is 23.3. The van der Waals surface area contributed by atoms with Crippen LogP contribution in [0.3, 0.4) is 0 Å². The average Bonchev–Trinajstić information content (AvgIpc) is 2.69. The number of amides is 2. The van der Waals surface area contributed by atoms with E-state index in [1.54, 1.807) is 4.90 Å². The van der Waals surface area contributed by atoms with Gasteiger partial charge in [-0.1, -0.05) is 19.8 Å². The number of carbonyl (C=O) groups is 2. The molecular weight excluding hydrogens is 361 g/mol. The molecule has 28 heavy (non-hydrogen) atoms. The molecule has 7 heteroatoms. The summed E-state index contributed by atoms with van der Waals surface area (Å²) in [5.41, 5.74) is 0. The molecule has 6 nitrogen and oxygen atoms in total. The molecule has 0 radical (unpaired) electrons. The van der Waals surface area contributed by atoms with E-state index in [1.807, 2.05) is 0 Å². The van der Waals surface area contributed by atoms with Crippen LogP contribution in [0.1, 0.15) is 32.6 Å². The first kappa shape index (κ1) is 20.6. The summed E-state index contributed by atoms with van der Waals surface area (Å²) < 4.78 is 18.3. The van der Waals surface area contributed by atoms with Crippen molar-refractivity contribution in [3.05, 3.63) is 30.1 Å². The first-order chi connectivity index (χ1) is 13.5. The second-order valence-corrected chi connectivity index (χ2v) is 7.84. The fourth-order valence-electron chi connectivity index (χ4n) is 3.91. The van der Waals surface area contributed by atoms with E-state index in [1.165, 1.54) is 43.5 Å². The number of halogens is 1. The van der Waals surface area contributed by atoms with Crippen molar-refractivity contribution in [2.75, 3.05) is 39.3 Å². The Labute approximate surface area is 166 Å². The van der Waals surface area contributed by atoms with E-state index < -0.39 is 0 Å². The molecule has 1 aromatic carbocycles. The van der Waals surface area contributed by atoms with Crippen LogP contribution in [-0.2, 0) is 9.59 Å². The Bertz CT molecular complexity index is 659. The molecule has 2 unspecified atom stereocenters. The van der Waals surface area contributed by atoms with Crippen molar-refractivity contribution in [3.63, 3.8) is 0 Å². The number of nitrogens with zero attached hydrogens (tertiary/aromatic N) is 2. The Morgan fingerprint density at radius 2 is 1.79 bits per heavy atom. The topological polar surface area (TPSA) is 61.9 Å². The maximum atomic E-state index is 12.9. The molecule has 154 valence electrons. The minimum atomic E-state index is -0.336. The van der Waals surface area contributed by atoms with Gasteiger partial charge in [0.2, 0.25) is 5.91 Å². The predicted molar refractivity (Wildman–Crippen MR) is 104 cm³/mol. The van der Waals surface area contributed by atoms with E-state index in [0.29, 0.717) is 50.4 Å². The van der Waals surface area contributed by atoms with E-state index in [2.05, 4.69) is 17.1 Å². The molecule has 3 rings (SSSR count). The Morgan fingerprint density at radius 1 is 1.11 bits per heavy atom. The van der Waals surface area contributed by atoms with Crippen LogP contribution in [-0.4, -0.2) is 67.0 Å². The molecule has 0 aromatic heterocycles. The summed E-state index contributed by atoms with van der Waals surface area (Å²) in [6, 6.07) is 5.92. The number of carbonyl (C=O) groups excluding carboxylic acids is 2. The van der Waals surface area contributed by atoms with Gasteiger partial charge < -0.3 is 15.0 Å². The summed E-state index contributed by atoms with van der Waals surface area (Å²) in [6.07, 6.45) is 4.71. The minimum absolute atomic E-state index is 0.0638. The minimum Gasteiger partial charge on any atom is -0.484 e. The van der Waals surface area contributed by atoms with Gasteiger partial charge in [-0.2, -0.15) is 0 Å². The van der Waals surface area contributed by atoms with Crippen LogP contribution >= 0.6 is 0 Å². The van der Waals surface area contributed by atoms with Crippen molar-refractivity contribution in [2.24, 2.45) is 5.92 Å². The van der Waals surface area contributed by atoms with Crippen molar-refractivity contribution < 1.29 is 18.7 Å². The van der Waals surface area contributed by atoms with Crippen molar-refractivity contribution in [2.45, 2.75) is 38.6 Å². The molecule has 2 aliphatic rings. The number of rotatable bonds is 6. The summed E-state index contributed by atoms with van der Waals surface area (Å²) >= 11 is 0. The Hall–Kier alpha value is -2.15. The van der Waals surface area contributed by atoms with Crippen molar-refractivity contribution in [1.29, 1.82) is 0 Å². The molecule has 1 aliphatic heterocycles. The molecule has 1 aromatic rings. The van der Waals surface area contributed by atoms with Crippen molar-refractivity contribution in [1.82, 2.24) is 15.1 Å². The second kappa shape index (κ2) is 9.87. The zero-order chi connectivity index (χ0) is 19.9. The fraction of sp³-hybridized carbons (Fsp3) is 0.619. The summed E-state index contributed by atoms with van der Waals surface area (Å²) in [4.78, 5) is 28.5. The summed E-state index contributed by atoms with van der Waals surface area (Å²) in [6.45, 7) is 5.05. The zero-order valence-corrected chi connectivity index (χ0v) is 16.5. The number of ether oxygens (including phenoxy) is 1. The van der Waals surface area contributed by atoms with Gasteiger partial charge in [0, 0.05) is 32.2 Å². The monoisotopic (exact) mass is 391 g/mol. The maximum absolute atomic E-state index is 12.9. The molecule has 1 heterocycles. The lowest BCUT2D eigenvalue weighted by atomic mass is 9.86. The van der Waals surface area contributed by atoms with Crippen LogP contribution in [0.4, 0.5) is 4.39 Å². The highest BCUT2D eigenvalue weighted by Crippen LogP contribution is 2.23. The van der Waals surface area contributed by atoms with Gasteiger partial charge in [0.15, 0.2) is 6.61 Å². The van der Waals surface area contributed by atoms with Gasteiger partial charge >= 0.3 is 0 Å². The van der Waals surface area contributed by atoms with Crippen molar-refractivity contribution in [3.8, 4) is 5.75 Å². The highest BCUT2D eigenvalue weighted by Gasteiger charge is 2.26. The first-order valence-corrected chi connectivity index (χ1v) is 10.2. The first-order valence-electron chi connectivity index (χ1n) is 10.2. The summed E-state index contributed by atoms with van der Waals surface area (Å²) in [5, 5.41) is 3.18. The number of nitrogens with one attached hydrogen (secondary N) is 1. The van der Waals surface area contributed by atoms with Crippen LogP contribution in [0.2, 0.25) is 0 Å². The van der Waals surface area contributed by atoms with E-state index >= 15 is 0 Å². The Kier molecular flexibility index (Phi) is 7.25. The van der Waals surface area contributed by atoms with Gasteiger partial charge in [-0.15, -0.1) is 0 Å². The SMILES string of the molecule is CC1CCCCC1NC(=O)CN1CCN(C(=O)COc2ccc(F)cc2)CC1. The molecule has 2 fully saturated rings. The molecule has 1 saturated carbocycles. The zero-order valence-electron chi connectivity index (χ0n) is 16.5. The van der Waals surface area contributed by atoms with Gasteiger partial charge in [-0.05, 0) is 43.0 Å². The molecule has 1 saturated heterocycles. The number of hydrogen-bond acceptors (Lipinski definition) is 4. The molecule has 2 atom stereocenters. The van der Waals surface area contributed by atoms with E-state index in [-0.39, 0.29) is 24.2 Å². The second-order valence-electron chi connectivity index (χ2n) is 7.84. The molecule has 0 spiro atoms. The molecule has 0 bridgehead atoms. The van der Waals surface area contributed by atoms with Crippen LogP contribution in [0.25, 0.3) is 0 Å². The Morgan fingerprint density at radius 3 is 2.46 bits per heavy atom. The predicted octanol–water partition coefficient (Wildman–Crippen LogP) is 2.04. The van der Waals surface area contributed by atoms with E-state index in [0.717, 1.165) is 6.42 Å². The maximum Gasteiger partial charge on any atom is 0.260 e. The average molecular weight is 391 g/mol. The lowest BCUT2D eigenvalue weighted by molar-refractivity contribution is -0.135. The van der Waals surface area contributed by atoms with Gasteiger partial charge in [0.05, 0.1) is 6.54 Å².